The van der Waals surface area contributed by atoms with E-state index in [0.717, 1.165) is 11.1 Å². The molecule has 2 amide bonds. The number of benzene rings is 2. The Labute approximate surface area is 186 Å². The molecule has 1 saturated heterocycles. The molecule has 3 rings (SSSR count). The zero-order valence-corrected chi connectivity index (χ0v) is 18.4. The van der Waals surface area contributed by atoms with Gasteiger partial charge in [0.15, 0.2) is 0 Å². The van der Waals surface area contributed by atoms with Gasteiger partial charge in [0.25, 0.3) is 0 Å². The van der Waals surface area contributed by atoms with Crippen LogP contribution < -0.4 is 15.7 Å². The number of aliphatic imine (C=N–C) groups is 1. The highest BCUT2D eigenvalue weighted by Gasteiger charge is 2.32. The molecule has 0 saturated carbocycles. The summed E-state index contributed by atoms with van der Waals surface area (Å²) >= 11 is 0. The molecule has 2 N–H and O–H groups in total. The lowest BCUT2D eigenvalue weighted by Crippen LogP contribution is -2.33. The number of nitrogens with zero attached hydrogens (tertiary/aromatic N) is 2. The summed E-state index contributed by atoms with van der Waals surface area (Å²) in [6.07, 6.45) is -0.476. The van der Waals surface area contributed by atoms with Crippen molar-refractivity contribution in [2.24, 2.45) is 4.99 Å². The summed E-state index contributed by atoms with van der Waals surface area (Å²) in [7, 11) is 1.69. The number of amidine groups is 1. The topological polar surface area (TPSA) is 92.3 Å². The van der Waals surface area contributed by atoms with E-state index >= 15 is 0 Å². The lowest BCUT2D eigenvalue weighted by atomic mass is 10.0. The molecule has 0 bridgehead atoms. The van der Waals surface area contributed by atoms with Gasteiger partial charge in [-0.15, -0.1) is 0 Å². The van der Waals surface area contributed by atoms with Crippen LogP contribution in [-0.4, -0.2) is 50.7 Å². The highest BCUT2D eigenvalue weighted by molar-refractivity contribution is 5.90. The van der Waals surface area contributed by atoms with Gasteiger partial charge in [-0.2, -0.15) is 0 Å². The minimum absolute atomic E-state index is 0.204. The monoisotopic (exact) mass is 442 g/mol. The van der Waals surface area contributed by atoms with Crippen molar-refractivity contribution >= 4 is 23.5 Å². The zero-order valence-electron chi connectivity index (χ0n) is 18.4. The maximum absolute atomic E-state index is 14.9. The van der Waals surface area contributed by atoms with E-state index in [1.165, 1.54) is 17.9 Å². The van der Waals surface area contributed by atoms with E-state index in [1.807, 2.05) is 31.2 Å². The molecule has 1 aliphatic heterocycles. The first kappa shape index (κ1) is 23.2. The van der Waals surface area contributed by atoms with Crippen molar-refractivity contribution < 1.29 is 23.6 Å². The van der Waals surface area contributed by atoms with Crippen LogP contribution in [0.25, 0.3) is 11.1 Å². The van der Waals surface area contributed by atoms with Gasteiger partial charge in [0, 0.05) is 26.0 Å². The molecule has 1 aliphatic rings. The normalized spacial score (nSPS) is 16.1. The quantitative estimate of drug-likeness (QED) is 0.372. The zero-order chi connectivity index (χ0) is 23.1. The van der Waals surface area contributed by atoms with Crippen LogP contribution in [0.1, 0.15) is 19.4 Å². The first-order chi connectivity index (χ1) is 15.4. The van der Waals surface area contributed by atoms with Crippen LogP contribution in [-0.2, 0) is 20.8 Å². The molecule has 1 heterocycles. The number of carbonyl (C=O) groups is 2. The van der Waals surface area contributed by atoms with E-state index in [1.54, 1.807) is 19.2 Å². The van der Waals surface area contributed by atoms with Crippen molar-refractivity contribution in [1.29, 1.82) is 0 Å². The Hall–Kier alpha value is -3.46. The molecule has 0 aliphatic carbocycles. The maximum atomic E-state index is 14.9. The predicted molar refractivity (Wildman–Crippen MR) is 120 cm³/mol. The van der Waals surface area contributed by atoms with Crippen LogP contribution in [0.5, 0.6) is 0 Å². The highest BCUT2D eigenvalue weighted by Crippen LogP contribution is 2.29. The van der Waals surface area contributed by atoms with Gasteiger partial charge in [-0.05, 0) is 36.2 Å². The standard InChI is InChI=1S/C23H27FN4O4/c1-4-31-27-22(25-3)11-16-5-7-17(8-6-16)20-10-9-18(12-21(20)24)28-14-19(32-23(28)30)13-26-15(2)29/h5-10,12,19H,4,11,13-14H2,1-3H3,(H,25,27)(H,26,29). The van der Waals surface area contributed by atoms with Gasteiger partial charge in [-0.3, -0.25) is 25.0 Å². The van der Waals surface area contributed by atoms with Gasteiger partial charge in [0.05, 0.1) is 25.4 Å². The fourth-order valence-electron chi connectivity index (χ4n) is 3.31. The molecule has 170 valence electrons. The lowest BCUT2D eigenvalue weighted by molar-refractivity contribution is -0.119. The van der Waals surface area contributed by atoms with Crippen molar-refractivity contribution in [2.45, 2.75) is 26.4 Å². The van der Waals surface area contributed by atoms with E-state index < -0.39 is 18.0 Å². The fourth-order valence-corrected chi connectivity index (χ4v) is 3.31. The largest absolute Gasteiger partial charge is 0.442 e. The molecule has 1 unspecified atom stereocenters. The van der Waals surface area contributed by atoms with Crippen molar-refractivity contribution in [1.82, 2.24) is 10.8 Å². The summed E-state index contributed by atoms with van der Waals surface area (Å²) in [6, 6.07) is 12.1. The van der Waals surface area contributed by atoms with E-state index in [0.29, 0.717) is 30.1 Å². The number of nitrogens with one attached hydrogen (secondary N) is 2. The molecule has 32 heavy (non-hydrogen) atoms. The number of rotatable bonds is 8. The maximum Gasteiger partial charge on any atom is 0.414 e. The average molecular weight is 442 g/mol. The van der Waals surface area contributed by atoms with Crippen LogP contribution in [0.4, 0.5) is 14.9 Å². The van der Waals surface area contributed by atoms with E-state index in [2.05, 4.69) is 15.8 Å². The summed E-state index contributed by atoms with van der Waals surface area (Å²) in [5.41, 5.74) is 5.36. The Morgan fingerprint density at radius 3 is 2.66 bits per heavy atom. The van der Waals surface area contributed by atoms with Crippen molar-refractivity contribution in [3.05, 3.63) is 53.8 Å². The molecule has 1 fully saturated rings. The van der Waals surface area contributed by atoms with Gasteiger partial charge in [0.2, 0.25) is 5.91 Å². The Balaban J connectivity index is 1.69. The van der Waals surface area contributed by atoms with Crippen LogP contribution >= 0.6 is 0 Å². The third-order valence-electron chi connectivity index (χ3n) is 4.96. The van der Waals surface area contributed by atoms with Crippen LogP contribution in [0.3, 0.4) is 0 Å². The number of hydroxylamine groups is 1. The second-order valence-corrected chi connectivity index (χ2v) is 7.30. The van der Waals surface area contributed by atoms with Gasteiger partial charge >= 0.3 is 6.09 Å². The highest BCUT2D eigenvalue weighted by atomic mass is 19.1. The van der Waals surface area contributed by atoms with Crippen molar-refractivity contribution in [2.75, 3.05) is 31.6 Å². The van der Waals surface area contributed by atoms with Gasteiger partial charge < -0.3 is 10.1 Å². The second-order valence-electron chi connectivity index (χ2n) is 7.30. The summed E-state index contributed by atoms with van der Waals surface area (Å²) in [6.45, 7) is 4.26. The summed E-state index contributed by atoms with van der Waals surface area (Å²) in [5, 5.41) is 2.62. The number of cyclic esters (lactones) is 1. The van der Waals surface area contributed by atoms with E-state index in [9.17, 15) is 14.0 Å². The summed E-state index contributed by atoms with van der Waals surface area (Å²) in [4.78, 5) is 33.9. The number of ether oxygens (including phenoxy) is 1. The van der Waals surface area contributed by atoms with E-state index in [4.69, 9.17) is 9.57 Å². The van der Waals surface area contributed by atoms with Gasteiger partial charge in [0.1, 0.15) is 17.8 Å². The minimum atomic E-state index is -0.564. The number of anilines is 1. The predicted octanol–water partition coefficient (Wildman–Crippen LogP) is 3.07. The van der Waals surface area contributed by atoms with Gasteiger partial charge in [-0.25, -0.2) is 9.18 Å². The number of halogens is 1. The van der Waals surface area contributed by atoms with Gasteiger partial charge in [-0.1, -0.05) is 24.3 Å². The number of hydrogen-bond donors (Lipinski definition) is 2. The van der Waals surface area contributed by atoms with E-state index in [-0.39, 0.29) is 19.0 Å². The Kier molecular flexibility index (Phi) is 7.77. The minimum Gasteiger partial charge on any atom is -0.442 e. The Morgan fingerprint density at radius 2 is 2.03 bits per heavy atom. The molecule has 2 aromatic carbocycles. The molecule has 0 radical (unpaired) electrons. The van der Waals surface area contributed by atoms with Crippen LogP contribution in [0.15, 0.2) is 47.5 Å². The lowest BCUT2D eigenvalue weighted by Gasteiger charge is -2.15. The molecule has 8 nitrogen and oxygen atoms in total. The molecule has 1 atom stereocenters. The number of amides is 2. The Morgan fingerprint density at radius 1 is 1.28 bits per heavy atom. The SMILES string of the molecule is CCONC(Cc1ccc(-c2ccc(N3CC(CNC(C)=O)OC3=O)cc2F)cc1)=NC. The molecule has 0 spiro atoms. The third-order valence-corrected chi connectivity index (χ3v) is 4.96. The first-order valence-corrected chi connectivity index (χ1v) is 10.4. The van der Waals surface area contributed by atoms with Crippen molar-refractivity contribution in [3.63, 3.8) is 0 Å². The Bertz CT molecular complexity index is 994. The number of hydrogen-bond acceptors (Lipinski definition) is 5. The fraction of sp³-hybridized carbons (Fsp3) is 0.348. The molecule has 0 aromatic heterocycles. The molecule has 9 heteroatoms. The smallest absolute Gasteiger partial charge is 0.414 e. The first-order valence-electron chi connectivity index (χ1n) is 10.4. The summed E-state index contributed by atoms with van der Waals surface area (Å²) in [5.74, 6) is 0.0521. The van der Waals surface area contributed by atoms with Crippen molar-refractivity contribution in [3.8, 4) is 11.1 Å². The second kappa shape index (κ2) is 10.7. The molecular weight excluding hydrogens is 415 g/mol. The van der Waals surface area contributed by atoms with Crippen LogP contribution in [0, 0.1) is 5.82 Å². The number of carbonyl (C=O) groups excluding carboxylic acids is 2. The molecule has 2 aromatic rings. The molecular formula is C23H27FN4O4. The third kappa shape index (κ3) is 5.82. The average Bonchev–Trinajstić information content (AvgIpc) is 3.16. The van der Waals surface area contributed by atoms with Crippen LogP contribution in [0.2, 0.25) is 0 Å². The summed E-state index contributed by atoms with van der Waals surface area (Å²) < 4.78 is 20.1.